The Kier molecular flexibility index (Phi) is 64.3. The minimum atomic E-state index is -4.95. The molecule has 0 saturated heterocycles. The van der Waals surface area contributed by atoms with E-state index >= 15 is 0 Å². The van der Waals surface area contributed by atoms with E-state index in [1.807, 2.05) is 0 Å². The van der Waals surface area contributed by atoms with Crippen LogP contribution >= 0.6 is 15.6 Å². The minimum Gasteiger partial charge on any atom is -0.462 e. The van der Waals surface area contributed by atoms with Gasteiger partial charge in [-0.15, -0.1) is 0 Å². The van der Waals surface area contributed by atoms with E-state index in [9.17, 15) is 43.2 Å². The quantitative estimate of drug-likeness (QED) is 0.0222. The zero-order valence-electron chi connectivity index (χ0n) is 58.1. The van der Waals surface area contributed by atoms with Gasteiger partial charge in [-0.3, -0.25) is 37.3 Å². The molecule has 2 unspecified atom stereocenters. The van der Waals surface area contributed by atoms with Crippen molar-refractivity contribution >= 4 is 39.5 Å². The molecule has 0 aromatic rings. The predicted octanol–water partition coefficient (Wildman–Crippen LogP) is 20.7. The summed E-state index contributed by atoms with van der Waals surface area (Å²) in [5.41, 5.74) is 0. The van der Waals surface area contributed by atoms with Crippen LogP contribution in [0, 0.1) is 0 Å². The number of aliphatic hydroxyl groups excluding tert-OH is 1. The number of carbonyl (C=O) groups is 4. The first kappa shape index (κ1) is 88.1. The van der Waals surface area contributed by atoms with E-state index in [0.717, 1.165) is 109 Å². The number of hydrogen-bond donors (Lipinski definition) is 3. The lowest BCUT2D eigenvalue weighted by Gasteiger charge is -2.21. The molecule has 5 atom stereocenters. The number of unbranched alkanes of at least 4 members (excludes halogenated alkanes) is 46. The molecular weight excluding hydrogens is 1190 g/mol. The lowest BCUT2D eigenvalue weighted by molar-refractivity contribution is -0.161. The average molecular weight is 1330 g/mol. The van der Waals surface area contributed by atoms with Crippen LogP contribution in [-0.4, -0.2) is 96.7 Å². The minimum absolute atomic E-state index is 0.105. The molecule has 0 amide bonds. The van der Waals surface area contributed by atoms with Crippen LogP contribution in [-0.2, 0) is 65.4 Å². The van der Waals surface area contributed by atoms with E-state index in [1.54, 1.807) is 0 Å². The van der Waals surface area contributed by atoms with Crippen LogP contribution in [0.1, 0.15) is 374 Å². The molecule has 0 rings (SSSR count). The number of hydrogen-bond acceptors (Lipinski definition) is 15. The highest BCUT2D eigenvalue weighted by molar-refractivity contribution is 7.47. The number of esters is 4. The molecule has 3 N–H and O–H groups in total. The van der Waals surface area contributed by atoms with Gasteiger partial charge in [-0.25, -0.2) is 9.13 Å². The van der Waals surface area contributed by atoms with Crippen LogP contribution in [0.2, 0.25) is 0 Å². The van der Waals surface area contributed by atoms with Crippen molar-refractivity contribution in [1.82, 2.24) is 0 Å². The number of phosphoric acid groups is 2. The first-order valence-electron chi connectivity index (χ1n) is 37.3. The topological polar surface area (TPSA) is 237 Å². The summed E-state index contributed by atoms with van der Waals surface area (Å²) in [5, 5.41) is 10.6. The van der Waals surface area contributed by atoms with E-state index in [4.69, 9.17) is 37.0 Å². The molecule has 0 aliphatic heterocycles. The standard InChI is InChI=1S/C71H138O17P2/c1-5-9-13-17-21-24-26-28-29-30-31-32-33-34-35-36-38-40-42-46-50-54-58-71(76)88-67(62-82-69(74)56-52-48-45-41-39-37-27-25-22-18-14-10-6-2)64-86-90(79,80)84-60-65(72)59-83-89(77,78)85-63-66(61-81-68(73)55-51-47-43-20-16-12-8-4)87-70(75)57-53-49-44-23-19-15-11-7-3/h65-67,72H,5-64H2,1-4H3,(H,77,78)(H,79,80)/t65-,66+,67+/m0/s1. The predicted molar refractivity (Wildman–Crippen MR) is 363 cm³/mol. The van der Waals surface area contributed by atoms with Crippen molar-refractivity contribution in [3.8, 4) is 0 Å². The summed E-state index contributed by atoms with van der Waals surface area (Å²) in [7, 11) is -9.89. The molecule has 0 aliphatic rings. The molecule has 534 valence electrons. The van der Waals surface area contributed by atoms with Crippen LogP contribution in [0.4, 0.5) is 0 Å². The van der Waals surface area contributed by atoms with Gasteiger partial charge in [0.05, 0.1) is 26.4 Å². The monoisotopic (exact) mass is 1320 g/mol. The van der Waals surface area contributed by atoms with E-state index in [0.29, 0.717) is 25.7 Å². The van der Waals surface area contributed by atoms with Gasteiger partial charge in [-0.05, 0) is 25.7 Å². The maximum absolute atomic E-state index is 13.0. The van der Waals surface area contributed by atoms with Crippen LogP contribution < -0.4 is 0 Å². The lowest BCUT2D eigenvalue weighted by atomic mass is 10.0. The smallest absolute Gasteiger partial charge is 0.462 e. The average Bonchev–Trinajstić information content (AvgIpc) is 3.73. The fourth-order valence-corrected chi connectivity index (χ4v) is 12.4. The van der Waals surface area contributed by atoms with Gasteiger partial charge >= 0.3 is 39.5 Å². The van der Waals surface area contributed by atoms with Crippen molar-refractivity contribution in [2.45, 2.75) is 393 Å². The van der Waals surface area contributed by atoms with Gasteiger partial charge in [0.25, 0.3) is 0 Å². The fourth-order valence-electron chi connectivity index (χ4n) is 10.9. The molecule has 0 spiro atoms. The molecule has 19 heteroatoms. The van der Waals surface area contributed by atoms with Gasteiger partial charge in [0.1, 0.15) is 19.3 Å². The van der Waals surface area contributed by atoms with Crippen molar-refractivity contribution in [3.05, 3.63) is 0 Å². The van der Waals surface area contributed by atoms with Crippen LogP contribution in [0.15, 0.2) is 0 Å². The Morgan fingerprint density at radius 3 is 0.656 bits per heavy atom. The second-order valence-corrected chi connectivity index (χ2v) is 28.5. The van der Waals surface area contributed by atoms with Crippen LogP contribution in [0.3, 0.4) is 0 Å². The van der Waals surface area contributed by atoms with Crippen molar-refractivity contribution < 1.29 is 80.2 Å². The van der Waals surface area contributed by atoms with Gasteiger partial charge in [-0.2, -0.15) is 0 Å². The molecule has 0 bridgehead atoms. The van der Waals surface area contributed by atoms with Crippen LogP contribution in [0.25, 0.3) is 0 Å². The summed E-state index contributed by atoms with van der Waals surface area (Å²) in [6, 6.07) is 0. The van der Waals surface area contributed by atoms with Crippen LogP contribution in [0.5, 0.6) is 0 Å². The molecule has 17 nitrogen and oxygen atoms in total. The van der Waals surface area contributed by atoms with Crippen molar-refractivity contribution in [3.63, 3.8) is 0 Å². The summed E-state index contributed by atoms with van der Waals surface area (Å²) in [4.78, 5) is 72.3. The third-order valence-corrected chi connectivity index (χ3v) is 18.5. The number of carbonyl (C=O) groups excluding carboxylic acids is 4. The van der Waals surface area contributed by atoms with Gasteiger partial charge in [0.15, 0.2) is 12.2 Å². The molecule has 0 heterocycles. The lowest BCUT2D eigenvalue weighted by Crippen LogP contribution is -2.30. The second-order valence-electron chi connectivity index (χ2n) is 25.6. The highest BCUT2D eigenvalue weighted by Crippen LogP contribution is 2.45. The molecule has 0 aromatic heterocycles. The Hall–Kier alpha value is -1.94. The maximum Gasteiger partial charge on any atom is 0.472 e. The third-order valence-electron chi connectivity index (χ3n) is 16.6. The summed E-state index contributed by atoms with van der Waals surface area (Å²) in [5.74, 6) is -2.13. The molecule has 0 radical (unpaired) electrons. The summed E-state index contributed by atoms with van der Waals surface area (Å²) in [6.45, 7) is 4.87. The van der Waals surface area contributed by atoms with Crippen molar-refractivity contribution in [2.24, 2.45) is 0 Å². The van der Waals surface area contributed by atoms with Gasteiger partial charge in [0.2, 0.25) is 0 Å². The van der Waals surface area contributed by atoms with Crippen molar-refractivity contribution in [1.29, 1.82) is 0 Å². The third kappa shape index (κ3) is 64.8. The highest BCUT2D eigenvalue weighted by Gasteiger charge is 2.30. The largest absolute Gasteiger partial charge is 0.472 e. The SMILES string of the molecule is CCCCCCCCCCCCCCCCCCCCCCCCC(=O)O[C@H](COC(=O)CCCCCCCCCCCCCCC)COP(=O)(O)OC[C@@H](O)COP(=O)(O)OC[C@@H](COC(=O)CCCCCCCCC)OC(=O)CCCCCCCCCC. The first-order valence-corrected chi connectivity index (χ1v) is 40.3. The molecule has 0 fully saturated rings. The normalized spacial score (nSPS) is 14.0. The Bertz CT molecular complexity index is 1720. The van der Waals surface area contributed by atoms with Gasteiger partial charge in [-0.1, -0.05) is 323 Å². The van der Waals surface area contributed by atoms with E-state index in [-0.39, 0.29) is 25.7 Å². The van der Waals surface area contributed by atoms with E-state index < -0.39 is 97.5 Å². The molecule has 90 heavy (non-hydrogen) atoms. The van der Waals surface area contributed by atoms with Gasteiger partial charge in [0, 0.05) is 25.7 Å². The Labute approximate surface area is 549 Å². The zero-order valence-corrected chi connectivity index (χ0v) is 59.9. The number of ether oxygens (including phenoxy) is 4. The second kappa shape index (κ2) is 65.7. The maximum atomic E-state index is 13.0. The van der Waals surface area contributed by atoms with E-state index in [1.165, 1.54) is 186 Å². The van der Waals surface area contributed by atoms with Crippen molar-refractivity contribution in [2.75, 3.05) is 39.6 Å². The summed E-state index contributed by atoms with van der Waals surface area (Å²) < 4.78 is 68.1. The van der Waals surface area contributed by atoms with E-state index in [2.05, 4.69) is 27.7 Å². The summed E-state index contributed by atoms with van der Waals surface area (Å²) in [6.07, 6.45) is 54.5. The number of aliphatic hydroxyl groups is 1. The number of phosphoric ester groups is 2. The molecule has 0 saturated carbocycles. The molecule has 0 aliphatic carbocycles. The molecule has 0 aromatic carbocycles. The fraction of sp³-hybridized carbons (Fsp3) is 0.944. The highest BCUT2D eigenvalue weighted by atomic mass is 31.2. The first-order chi connectivity index (χ1) is 43.7. The number of rotatable bonds is 72. The summed E-state index contributed by atoms with van der Waals surface area (Å²) >= 11 is 0. The Morgan fingerprint density at radius 1 is 0.267 bits per heavy atom. The van der Waals surface area contributed by atoms with Gasteiger partial charge < -0.3 is 33.8 Å². The molecular formula is C71H138O17P2. The Morgan fingerprint density at radius 2 is 0.444 bits per heavy atom. The zero-order chi connectivity index (χ0) is 66.1. The Balaban J connectivity index is 5.10.